The number of aryl methyl sites for hydroxylation is 1. The van der Waals surface area contributed by atoms with Gasteiger partial charge < -0.3 is 9.30 Å². The van der Waals surface area contributed by atoms with Crippen LogP contribution in [0.5, 0.6) is 0 Å². The van der Waals surface area contributed by atoms with Crippen LogP contribution in [0.3, 0.4) is 0 Å². The number of carbonyl (C=O) groups is 1. The fourth-order valence-corrected chi connectivity index (χ4v) is 1.99. The van der Waals surface area contributed by atoms with E-state index in [9.17, 15) is 4.79 Å². The molecule has 0 atom stereocenters. The van der Waals surface area contributed by atoms with Crippen molar-refractivity contribution in [3.8, 4) is 0 Å². The number of ether oxygens (including phenoxy) is 1. The number of allylic oxidation sites excluding steroid dienone is 1. The Morgan fingerprint density at radius 1 is 1.47 bits per heavy atom. The van der Waals surface area contributed by atoms with Crippen molar-refractivity contribution in [3.63, 3.8) is 0 Å². The highest BCUT2D eigenvalue weighted by molar-refractivity contribution is 5.68. The van der Waals surface area contributed by atoms with Crippen LogP contribution in [-0.4, -0.2) is 38.9 Å². The first kappa shape index (κ1) is 13.3. The Morgan fingerprint density at radius 3 is 3.00 bits per heavy atom. The minimum Gasteiger partial charge on any atom is -0.445 e. The number of fused-ring (bicyclic) bond motifs is 1. The molecule has 19 heavy (non-hydrogen) atoms. The Balaban J connectivity index is 1.90. The lowest BCUT2D eigenvalue weighted by Gasteiger charge is -2.26. The first-order valence-corrected chi connectivity index (χ1v) is 6.22. The Hall–Kier alpha value is -2.11. The molecule has 6 heteroatoms. The lowest BCUT2D eigenvalue weighted by atomic mass is 10.3. The summed E-state index contributed by atoms with van der Waals surface area (Å²) in [6.45, 7) is 9.57. The average molecular weight is 262 g/mol. The first-order valence-electron chi connectivity index (χ1n) is 6.22. The maximum Gasteiger partial charge on any atom is 0.410 e. The van der Waals surface area contributed by atoms with Crippen molar-refractivity contribution < 1.29 is 9.53 Å². The molecule has 0 radical (unpaired) electrons. The molecule has 1 aromatic rings. The van der Waals surface area contributed by atoms with Crippen LogP contribution in [0.25, 0.3) is 0 Å². The van der Waals surface area contributed by atoms with E-state index in [0.29, 0.717) is 19.6 Å². The van der Waals surface area contributed by atoms with Gasteiger partial charge in [0.1, 0.15) is 12.4 Å². The molecule has 1 aliphatic rings. The molecule has 0 aliphatic carbocycles. The van der Waals surface area contributed by atoms with Crippen molar-refractivity contribution in [3.05, 3.63) is 36.0 Å². The molecule has 0 saturated carbocycles. The fourth-order valence-electron chi connectivity index (χ4n) is 1.99. The summed E-state index contributed by atoms with van der Waals surface area (Å²) >= 11 is 0. The number of nitrogens with zero attached hydrogens (tertiary/aromatic N) is 4. The van der Waals surface area contributed by atoms with Gasteiger partial charge >= 0.3 is 6.09 Å². The molecule has 0 N–H and O–H groups in total. The van der Waals surface area contributed by atoms with Gasteiger partial charge in [0.15, 0.2) is 5.82 Å². The van der Waals surface area contributed by atoms with Gasteiger partial charge in [0, 0.05) is 13.1 Å². The highest BCUT2D eigenvalue weighted by Crippen LogP contribution is 2.13. The molecule has 0 aromatic carbocycles. The van der Waals surface area contributed by atoms with Crippen LogP contribution in [0.2, 0.25) is 0 Å². The predicted octanol–water partition coefficient (Wildman–Crippen LogP) is 1.67. The molecule has 1 aliphatic heterocycles. The minimum absolute atomic E-state index is 0.214. The third-order valence-electron chi connectivity index (χ3n) is 2.98. The molecular formula is C13H18N4O2. The molecule has 0 saturated heterocycles. The van der Waals surface area contributed by atoms with E-state index in [4.69, 9.17) is 4.74 Å². The summed E-state index contributed by atoms with van der Waals surface area (Å²) in [7, 11) is 0. The van der Waals surface area contributed by atoms with E-state index in [0.717, 1.165) is 17.2 Å². The van der Waals surface area contributed by atoms with Gasteiger partial charge in [-0.3, -0.25) is 4.90 Å². The van der Waals surface area contributed by atoms with E-state index in [2.05, 4.69) is 16.8 Å². The smallest absolute Gasteiger partial charge is 0.410 e. The largest absolute Gasteiger partial charge is 0.445 e. The maximum absolute atomic E-state index is 11.9. The van der Waals surface area contributed by atoms with Gasteiger partial charge in [-0.2, -0.15) is 0 Å². The summed E-state index contributed by atoms with van der Waals surface area (Å²) in [5, 5.41) is 8.05. The van der Waals surface area contributed by atoms with Gasteiger partial charge in [-0.25, -0.2) is 4.79 Å². The van der Waals surface area contributed by atoms with Crippen LogP contribution in [0.1, 0.15) is 18.6 Å². The van der Waals surface area contributed by atoms with E-state index >= 15 is 0 Å². The standard InChI is InChI=1S/C13H18N4O2/c1-4-5-10(2)9-19-13(18)16-6-7-17-11(3)14-15-12(17)8-16/h4-5H,2,6-9H2,1,3H3/b5-4-. The van der Waals surface area contributed by atoms with Gasteiger partial charge in [0.25, 0.3) is 0 Å². The molecule has 6 nitrogen and oxygen atoms in total. The molecule has 102 valence electrons. The fraction of sp³-hybridized carbons (Fsp3) is 0.462. The normalized spacial score (nSPS) is 14.5. The zero-order valence-corrected chi connectivity index (χ0v) is 11.3. The summed E-state index contributed by atoms with van der Waals surface area (Å²) < 4.78 is 7.21. The van der Waals surface area contributed by atoms with Crippen molar-refractivity contribution in [2.45, 2.75) is 26.9 Å². The van der Waals surface area contributed by atoms with Crippen molar-refractivity contribution >= 4 is 6.09 Å². The van der Waals surface area contributed by atoms with Gasteiger partial charge in [-0.1, -0.05) is 18.7 Å². The van der Waals surface area contributed by atoms with Gasteiger partial charge in [0.05, 0.1) is 6.54 Å². The number of aromatic nitrogens is 3. The molecule has 1 aromatic heterocycles. The molecule has 0 bridgehead atoms. The van der Waals surface area contributed by atoms with Crippen LogP contribution in [0.15, 0.2) is 24.3 Å². The SMILES string of the molecule is C=C(/C=C\C)COC(=O)N1CCn2c(C)nnc2C1. The van der Waals surface area contributed by atoms with Gasteiger partial charge in [0.2, 0.25) is 0 Å². The molecule has 0 fully saturated rings. The molecule has 2 rings (SSSR count). The topological polar surface area (TPSA) is 60.2 Å². The summed E-state index contributed by atoms with van der Waals surface area (Å²) in [6.07, 6.45) is 3.35. The van der Waals surface area contributed by atoms with Crippen molar-refractivity contribution in [2.24, 2.45) is 0 Å². The van der Waals surface area contributed by atoms with Crippen LogP contribution in [0, 0.1) is 6.92 Å². The van der Waals surface area contributed by atoms with Gasteiger partial charge in [-0.15, -0.1) is 10.2 Å². The summed E-state index contributed by atoms with van der Waals surface area (Å²) in [6, 6.07) is 0. The minimum atomic E-state index is -0.336. The van der Waals surface area contributed by atoms with E-state index in [1.54, 1.807) is 4.90 Å². The molecule has 1 amide bonds. The van der Waals surface area contributed by atoms with Crippen molar-refractivity contribution in [2.75, 3.05) is 13.2 Å². The summed E-state index contributed by atoms with van der Waals surface area (Å²) in [5.41, 5.74) is 0.770. The highest BCUT2D eigenvalue weighted by atomic mass is 16.6. The Kier molecular flexibility index (Phi) is 3.99. The van der Waals surface area contributed by atoms with E-state index in [1.165, 1.54) is 0 Å². The second kappa shape index (κ2) is 5.69. The third-order valence-corrected chi connectivity index (χ3v) is 2.98. The van der Waals surface area contributed by atoms with E-state index < -0.39 is 0 Å². The van der Waals surface area contributed by atoms with Crippen LogP contribution in [0.4, 0.5) is 4.79 Å². The number of rotatable bonds is 3. The average Bonchev–Trinajstić information content (AvgIpc) is 2.77. The lowest BCUT2D eigenvalue weighted by molar-refractivity contribution is 0.0995. The summed E-state index contributed by atoms with van der Waals surface area (Å²) in [4.78, 5) is 13.5. The van der Waals surface area contributed by atoms with Crippen LogP contribution < -0.4 is 0 Å². The van der Waals surface area contributed by atoms with Gasteiger partial charge in [-0.05, 0) is 19.4 Å². The number of amides is 1. The van der Waals surface area contributed by atoms with Crippen molar-refractivity contribution in [1.82, 2.24) is 19.7 Å². The van der Waals surface area contributed by atoms with Crippen molar-refractivity contribution in [1.29, 1.82) is 0 Å². The molecular weight excluding hydrogens is 244 g/mol. The first-order chi connectivity index (χ1) is 9.11. The maximum atomic E-state index is 11.9. The lowest BCUT2D eigenvalue weighted by Crippen LogP contribution is -2.39. The second-order valence-corrected chi connectivity index (χ2v) is 4.45. The highest BCUT2D eigenvalue weighted by Gasteiger charge is 2.24. The van der Waals surface area contributed by atoms with Crippen LogP contribution in [-0.2, 0) is 17.8 Å². The molecule has 2 heterocycles. The zero-order chi connectivity index (χ0) is 13.8. The van der Waals surface area contributed by atoms with Crippen LogP contribution >= 0.6 is 0 Å². The quantitative estimate of drug-likeness (QED) is 0.777. The number of hydrogen-bond donors (Lipinski definition) is 0. The summed E-state index contributed by atoms with van der Waals surface area (Å²) in [5.74, 6) is 1.68. The number of carbonyl (C=O) groups excluding carboxylic acids is 1. The predicted molar refractivity (Wildman–Crippen MR) is 70.5 cm³/mol. The monoisotopic (exact) mass is 262 g/mol. The molecule has 0 spiro atoms. The third kappa shape index (κ3) is 3.01. The number of hydrogen-bond acceptors (Lipinski definition) is 4. The van der Waals surface area contributed by atoms with E-state index in [1.807, 2.05) is 30.6 Å². The zero-order valence-electron chi connectivity index (χ0n) is 11.3. The second-order valence-electron chi connectivity index (χ2n) is 4.45. The van der Waals surface area contributed by atoms with E-state index in [-0.39, 0.29) is 12.7 Å². The molecule has 0 unspecified atom stereocenters. The Bertz CT molecular complexity index is 519. The Labute approximate surface area is 112 Å². The Morgan fingerprint density at radius 2 is 2.26 bits per heavy atom.